The first-order valence-corrected chi connectivity index (χ1v) is 10.4. The molecule has 0 radical (unpaired) electrons. The number of amides is 2. The van der Waals surface area contributed by atoms with Crippen molar-refractivity contribution >= 4 is 28.3 Å². The SMILES string of the molecule is CN1C(=O)C(NC(=O)c2cc(Cc3ccccc3)on2)CS(=O)c2ccccc21. The van der Waals surface area contributed by atoms with Gasteiger partial charge in [0.2, 0.25) is 5.91 Å². The number of benzene rings is 2. The van der Waals surface area contributed by atoms with Gasteiger partial charge in [-0.05, 0) is 17.7 Å². The highest BCUT2D eigenvalue weighted by atomic mass is 32.2. The summed E-state index contributed by atoms with van der Waals surface area (Å²) in [5.41, 5.74) is 1.70. The number of hydrogen-bond donors (Lipinski definition) is 1. The molecule has 1 aliphatic rings. The van der Waals surface area contributed by atoms with E-state index in [1.54, 1.807) is 37.4 Å². The molecule has 2 aromatic carbocycles. The number of nitrogens with zero attached hydrogens (tertiary/aromatic N) is 2. The molecule has 0 aliphatic carbocycles. The maximum Gasteiger partial charge on any atom is 0.274 e. The number of carbonyl (C=O) groups is 2. The van der Waals surface area contributed by atoms with E-state index in [0.29, 0.717) is 22.8 Å². The lowest BCUT2D eigenvalue weighted by molar-refractivity contribution is -0.119. The van der Waals surface area contributed by atoms with Gasteiger partial charge in [0, 0.05) is 19.5 Å². The predicted molar refractivity (Wildman–Crippen MR) is 108 cm³/mol. The summed E-state index contributed by atoms with van der Waals surface area (Å²) in [6.45, 7) is 0. The zero-order valence-electron chi connectivity index (χ0n) is 15.7. The molecular weight excluding hydrogens is 390 g/mol. The van der Waals surface area contributed by atoms with Gasteiger partial charge >= 0.3 is 0 Å². The molecule has 0 fully saturated rings. The van der Waals surface area contributed by atoms with Crippen LogP contribution in [0, 0.1) is 0 Å². The number of fused-ring (bicyclic) bond motifs is 1. The summed E-state index contributed by atoms with van der Waals surface area (Å²) in [5, 5.41) is 6.47. The van der Waals surface area contributed by atoms with Crippen LogP contribution in [0.1, 0.15) is 21.8 Å². The fraction of sp³-hybridized carbons (Fsp3) is 0.190. The number of likely N-dealkylation sites (N-methyl/N-ethyl adjacent to an activating group) is 1. The van der Waals surface area contributed by atoms with Crippen LogP contribution in [0.2, 0.25) is 0 Å². The number of hydrogen-bond acceptors (Lipinski definition) is 5. The summed E-state index contributed by atoms with van der Waals surface area (Å²) in [7, 11) is 0.189. The maximum absolute atomic E-state index is 12.8. The first-order chi connectivity index (χ1) is 14.0. The van der Waals surface area contributed by atoms with Gasteiger partial charge in [0.25, 0.3) is 5.91 Å². The van der Waals surface area contributed by atoms with Gasteiger partial charge in [0.05, 0.1) is 27.1 Å². The molecule has 4 rings (SSSR count). The Labute approximate surface area is 170 Å². The van der Waals surface area contributed by atoms with Crippen LogP contribution in [-0.2, 0) is 22.0 Å². The van der Waals surface area contributed by atoms with Gasteiger partial charge in [-0.25, -0.2) is 0 Å². The minimum Gasteiger partial charge on any atom is -0.360 e. The van der Waals surface area contributed by atoms with Gasteiger partial charge in [-0.15, -0.1) is 0 Å². The summed E-state index contributed by atoms with van der Waals surface area (Å²) >= 11 is 0. The number of para-hydroxylation sites is 1. The van der Waals surface area contributed by atoms with Gasteiger partial charge in [-0.1, -0.05) is 47.6 Å². The topological polar surface area (TPSA) is 92.5 Å². The molecule has 148 valence electrons. The molecule has 0 spiro atoms. The van der Waals surface area contributed by atoms with Crippen molar-refractivity contribution in [1.29, 1.82) is 0 Å². The van der Waals surface area contributed by atoms with Gasteiger partial charge in [0.15, 0.2) is 5.69 Å². The second kappa shape index (κ2) is 8.00. The Bertz CT molecular complexity index is 1080. The number of carbonyl (C=O) groups excluding carboxylic acids is 2. The van der Waals surface area contributed by atoms with E-state index in [0.717, 1.165) is 5.56 Å². The van der Waals surface area contributed by atoms with Gasteiger partial charge in [-0.2, -0.15) is 0 Å². The molecule has 2 unspecified atom stereocenters. The van der Waals surface area contributed by atoms with Crippen molar-refractivity contribution in [3.63, 3.8) is 0 Å². The van der Waals surface area contributed by atoms with E-state index in [9.17, 15) is 13.8 Å². The Morgan fingerprint density at radius 2 is 1.93 bits per heavy atom. The largest absolute Gasteiger partial charge is 0.360 e. The molecule has 29 heavy (non-hydrogen) atoms. The molecule has 2 atom stereocenters. The van der Waals surface area contributed by atoms with Crippen LogP contribution in [0.25, 0.3) is 0 Å². The molecule has 2 amide bonds. The van der Waals surface area contributed by atoms with E-state index in [1.807, 2.05) is 30.3 Å². The average molecular weight is 409 g/mol. The highest BCUT2D eigenvalue weighted by Gasteiger charge is 2.33. The molecule has 7 nitrogen and oxygen atoms in total. The van der Waals surface area contributed by atoms with Crippen LogP contribution < -0.4 is 10.2 Å². The molecular formula is C21H19N3O4S. The summed E-state index contributed by atoms with van der Waals surface area (Å²) < 4.78 is 17.9. The Hall–Kier alpha value is -3.26. The predicted octanol–water partition coefficient (Wildman–Crippen LogP) is 2.15. The second-order valence-corrected chi connectivity index (χ2v) is 8.21. The average Bonchev–Trinajstić information content (AvgIpc) is 3.18. The summed E-state index contributed by atoms with van der Waals surface area (Å²) in [6, 6.07) is 17.3. The first-order valence-electron chi connectivity index (χ1n) is 9.08. The quantitative estimate of drug-likeness (QED) is 0.713. The Kier molecular flexibility index (Phi) is 5.26. The molecule has 0 bridgehead atoms. The van der Waals surface area contributed by atoms with E-state index in [4.69, 9.17) is 4.52 Å². The maximum atomic E-state index is 12.8. The van der Waals surface area contributed by atoms with Crippen molar-refractivity contribution < 1.29 is 18.3 Å². The van der Waals surface area contributed by atoms with E-state index < -0.39 is 22.7 Å². The van der Waals surface area contributed by atoms with Crippen LogP contribution in [0.5, 0.6) is 0 Å². The minimum atomic E-state index is -1.42. The normalized spacial score (nSPS) is 18.8. The number of aromatic nitrogens is 1. The van der Waals surface area contributed by atoms with Crippen molar-refractivity contribution in [1.82, 2.24) is 10.5 Å². The zero-order valence-corrected chi connectivity index (χ0v) is 16.5. The Balaban J connectivity index is 1.49. The summed E-state index contributed by atoms with van der Waals surface area (Å²) in [6.07, 6.45) is 0.505. The molecule has 1 aromatic heterocycles. The summed E-state index contributed by atoms with van der Waals surface area (Å²) in [5.74, 6) is -0.324. The van der Waals surface area contributed by atoms with Gasteiger partial charge < -0.3 is 14.7 Å². The zero-order chi connectivity index (χ0) is 20.4. The van der Waals surface area contributed by atoms with E-state index >= 15 is 0 Å². The van der Waals surface area contributed by atoms with Crippen molar-refractivity contribution in [2.75, 3.05) is 17.7 Å². The number of rotatable bonds is 4. The molecule has 1 N–H and O–H groups in total. The van der Waals surface area contributed by atoms with Crippen molar-refractivity contribution in [3.05, 3.63) is 77.7 Å². The molecule has 8 heteroatoms. The van der Waals surface area contributed by atoms with E-state index in [2.05, 4.69) is 10.5 Å². The van der Waals surface area contributed by atoms with Crippen LogP contribution >= 0.6 is 0 Å². The third-order valence-corrected chi connectivity index (χ3v) is 6.21. The fourth-order valence-corrected chi connectivity index (χ4v) is 4.60. The van der Waals surface area contributed by atoms with Crippen molar-refractivity contribution in [3.8, 4) is 0 Å². The monoisotopic (exact) mass is 409 g/mol. The third-order valence-electron chi connectivity index (χ3n) is 4.74. The number of anilines is 1. The molecule has 2 heterocycles. The lowest BCUT2D eigenvalue weighted by Gasteiger charge is -2.20. The minimum absolute atomic E-state index is 0.000645. The summed E-state index contributed by atoms with van der Waals surface area (Å²) in [4.78, 5) is 27.4. The highest BCUT2D eigenvalue weighted by Crippen LogP contribution is 2.27. The number of nitrogens with one attached hydrogen (secondary N) is 1. The van der Waals surface area contributed by atoms with Crippen molar-refractivity contribution in [2.24, 2.45) is 0 Å². The highest BCUT2D eigenvalue weighted by molar-refractivity contribution is 7.85. The second-order valence-electron chi connectivity index (χ2n) is 6.74. The van der Waals surface area contributed by atoms with Crippen LogP contribution in [0.3, 0.4) is 0 Å². The molecule has 1 aliphatic heterocycles. The Morgan fingerprint density at radius 3 is 2.72 bits per heavy atom. The Morgan fingerprint density at radius 1 is 1.21 bits per heavy atom. The van der Waals surface area contributed by atoms with Crippen molar-refractivity contribution in [2.45, 2.75) is 17.4 Å². The van der Waals surface area contributed by atoms with E-state index in [1.165, 1.54) is 4.90 Å². The molecule has 3 aromatic rings. The smallest absolute Gasteiger partial charge is 0.274 e. The third kappa shape index (κ3) is 3.97. The van der Waals surface area contributed by atoms with Crippen LogP contribution in [-0.4, -0.2) is 40.0 Å². The standard InChI is InChI=1S/C21H19N3O4S/c1-24-18-9-5-6-10-19(18)29(27)13-17(21(24)26)22-20(25)16-12-15(28-23-16)11-14-7-3-2-4-8-14/h2-10,12,17H,11,13H2,1H3,(H,22,25). The van der Waals surface area contributed by atoms with E-state index in [-0.39, 0.29) is 17.4 Å². The molecule has 0 saturated heterocycles. The first kappa shape index (κ1) is 19.1. The van der Waals surface area contributed by atoms with Gasteiger partial charge in [0.1, 0.15) is 11.8 Å². The van der Waals surface area contributed by atoms with Gasteiger partial charge in [-0.3, -0.25) is 13.8 Å². The lowest BCUT2D eigenvalue weighted by Crippen LogP contribution is -2.49. The fourth-order valence-electron chi connectivity index (χ4n) is 3.23. The van der Waals surface area contributed by atoms with Crippen LogP contribution in [0.4, 0.5) is 5.69 Å². The van der Waals surface area contributed by atoms with Crippen LogP contribution in [0.15, 0.2) is 70.1 Å². The lowest BCUT2D eigenvalue weighted by atomic mass is 10.1. The molecule has 0 saturated carbocycles.